The van der Waals surface area contributed by atoms with Gasteiger partial charge in [0.2, 0.25) is 5.95 Å². The van der Waals surface area contributed by atoms with Gasteiger partial charge in [0, 0.05) is 22.5 Å². The van der Waals surface area contributed by atoms with Crippen LogP contribution in [0.15, 0.2) is 36.7 Å². The number of halogens is 1. The van der Waals surface area contributed by atoms with Crippen LogP contribution in [0, 0.1) is 3.57 Å². The fraction of sp³-hybridized carbons (Fsp3) is 0.167. The Morgan fingerprint density at radius 2 is 2.06 bits per heavy atom. The second-order valence-electron chi connectivity index (χ2n) is 3.43. The minimum absolute atomic E-state index is 0.633. The van der Waals surface area contributed by atoms with Crippen molar-refractivity contribution in [1.29, 1.82) is 0 Å². The van der Waals surface area contributed by atoms with Gasteiger partial charge >= 0.3 is 0 Å². The molecule has 0 amide bonds. The SMILES string of the molecule is COc1cccc(CNc2ncc(I)cn2)c1. The molecule has 0 aliphatic rings. The van der Waals surface area contributed by atoms with E-state index in [0.717, 1.165) is 14.9 Å². The fourth-order valence-electron chi connectivity index (χ4n) is 1.37. The van der Waals surface area contributed by atoms with Crippen LogP contribution in [0.5, 0.6) is 5.75 Å². The predicted molar refractivity (Wildman–Crippen MR) is 75.1 cm³/mol. The molecular weight excluding hydrogens is 329 g/mol. The van der Waals surface area contributed by atoms with E-state index in [9.17, 15) is 0 Å². The molecular formula is C12H12IN3O. The van der Waals surface area contributed by atoms with Gasteiger partial charge < -0.3 is 10.1 Å². The van der Waals surface area contributed by atoms with E-state index in [1.807, 2.05) is 24.3 Å². The zero-order valence-electron chi connectivity index (χ0n) is 9.35. The van der Waals surface area contributed by atoms with Gasteiger partial charge in [-0.3, -0.25) is 0 Å². The zero-order valence-corrected chi connectivity index (χ0v) is 11.5. The standard InChI is InChI=1S/C12H12IN3O/c1-17-11-4-2-3-9(5-11)6-14-12-15-7-10(13)8-16-12/h2-5,7-8H,6H2,1H3,(H,14,15,16). The highest BCUT2D eigenvalue weighted by atomic mass is 127. The van der Waals surface area contributed by atoms with Crippen LogP contribution >= 0.6 is 22.6 Å². The number of hydrogen-bond donors (Lipinski definition) is 1. The van der Waals surface area contributed by atoms with Gasteiger partial charge in [-0.25, -0.2) is 9.97 Å². The lowest BCUT2D eigenvalue weighted by atomic mass is 10.2. The van der Waals surface area contributed by atoms with Crippen molar-refractivity contribution in [2.24, 2.45) is 0 Å². The first-order valence-electron chi connectivity index (χ1n) is 5.12. The zero-order chi connectivity index (χ0) is 12.1. The average Bonchev–Trinajstić information content (AvgIpc) is 2.38. The van der Waals surface area contributed by atoms with E-state index in [0.29, 0.717) is 12.5 Å². The van der Waals surface area contributed by atoms with Gasteiger partial charge in [0.15, 0.2) is 0 Å². The smallest absolute Gasteiger partial charge is 0.222 e. The number of rotatable bonds is 4. The third kappa shape index (κ3) is 3.55. The van der Waals surface area contributed by atoms with Crippen LogP contribution in [-0.4, -0.2) is 17.1 Å². The molecule has 0 aliphatic carbocycles. The molecule has 0 spiro atoms. The Labute approximate surface area is 114 Å². The lowest BCUT2D eigenvalue weighted by Crippen LogP contribution is -2.03. The highest BCUT2D eigenvalue weighted by molar-refractivity contribution is 14.1. The number of nitrogens with zero attached hydrogens (tertiary/aromatic N) is 2. The number of anilines is 1. The summed E-state index contributed by atoms with van der Waals surface area (Å²) >= 11 is 2.18. The Kier molecular flexibility index (Phi) is 4.13. The summed E-state index contributed by atoms with van der Waals surface area (Å²) in [5, 5.41) is 3.16. The molecule has 0 atom stereocenters. The summed E-state index contributed by atoms with van der Waals surface area (Å²) in [6, 6.07) is 7.90. The Morgan fingerprint density at radius 3 is 2.76 bits per heavy atom. The summed E-state index contributed by atoms with van der Waals surface area (Å²) < 4.78 is 6.19. The molecule has 0 fully saturated rings. The summed E-state index contributed by atoms with van der Waals surface area (Å²) in [5.74, 6) is 1.49. The van der Waals surface area contributed by atoms with Crippen LogP contribution in [0.2, 0.25) is 0 Å². The molecule has 2 aromatic rings. The van der Waals surface area contributed by atoms with E-state index < -0.39 is 0 Å². The summed E-state index contributed by atoms with van der Waals surface area (Å²) in [5.41, 5.74) is 1.13. The normalized spacial score (nSPS) is 10.0. The van der Waals surface area contributed by atoms with E-state index >= 15 is 0 Å². The van der Waals surface area contributed by atoms with E-state index in [4.69, 9.17) is 4.74 Å². The fourth-order valence-corrected chi connectivity index (χ4v) is 1.65. The molecule has 0 saturated heterocycles. The Morgan fingerprint density at radius 1 is 1.29 bits per heavy atom. The molecule has 0 saturated carbocycles. The summed E-state index contributed by atoms with van der Waals surface area (Å²) in [7, 11) is 1.66. The van der Waals surface area contributed by atoms with Crippen LogP contribution in [0.4, 0.5) is 5.95 Å². The summed E-state index contributed by atoms with van der Waals surface area (Å²) in [4.78, 5) is 8.35. The van der Waals surface area contributed by atoms with Crippen LogP contribution < -0.4 is 10.1 Å². The topological polar surface area (TPSA) is 47.0 Å². The summed E-state index contributed by atoms with van der Waals surface area (Å²) in [6.07, 6.45) is 3.56. The first-order chi connectivity index (χ1) is 8.28. The first-order valence-corrected chi connectivity index (χ1v) is 6.20. The van der Waals surface area contributed by atoms with Gasteiger partial charge in [-0.15, -0.1) is 0 Å². The van der Waals surface area contributed by atoms with Crippen molar-refractivity contribution in [2.45, 2.75) is 6.54 Å². The number of benzene rings is 1. The molecule has 5 heteroatoms. The molecule has 17 heavy (non-hydrogen) atoms. The molecule has 1 heterocycles. The molecule has 2 rings (SSSR count). The van der Waals surface area contributed by atoms with Gasteiger partial charge in [0.25, 0.3) is 0 Å². The van der Waals surface area contributed by atoms with Crippen molar-refractivity contribution in [1.82, 2.24) is 9.97 Å². The van der Waals surface area contributed by atoms with Crippen molar-refractivity contribution in [2.75, 3.05) is 12.4 Å². The van der Waals surface area contributed by atoms with E-state index in [-0.39, 0.29) is 0 Å². The maximum absolute atomic E-state index is 5.16. The van der Waals surface area contributed by atoms with Crippen molar-refractivity contribution in [3.05, 3.63) is 45.8 Å². The van der Waals surface area contributed by atoms with Crippen molar-refractivity contribution < 1.29 is 4.74 Å². The number of nitrogens with one attached hydrogen (secondary N) is 1. The Balaban J connectivity index is 1.99. The van der Waals surface area contributed by atoms with Crippen LogP contribution in [-0.2, 0) is 6.54 Å². The number of hydrogen-bond acceptors (Lipinski definition) is 4. The van der Waals surface area contributed by atoms with Crippen LogP contribution in [0.1, 0.15) is 5.56 Å². The van der Waals surface area contributed by atoms with Gasteiger partial charge in [-0.2, -0.15) is 0 Å². The third-order valence-electron chi connectivity index (χ3n) is 2.21. The lowest BCUT2D eigenvalue weighted by Gasteiger charge is -2.06. The number of methoxy groups -OCH3 is 1. The second-order valence-corrected chi connectivity index (χ2v) is 4.68. The van der Waals surface area contributed by atoms with Crippen molar-refractivity contribution in [3.63, 3.8) is 0 Å². The van der Waals surface area contributed by atoms with E-state index in [1.165, 1.54) is 0 Å². The van der Waals surface area contributed by atoms with E-state index in [2.05, 4.69) is 37.9 Å². The predicted octanol–water partition coefficient (Wildman–Crippen LogP) is 2.70. The number of aromatic nitrogens is 2. The molecule has 0 radical (unpaired) electrons. The quantitative estimate of drug-likeness (QED) is 0.869. The molecule has 88 valence electrons. The van der Waals surface area contributed by atoms with Crippen LogP contribution in [0.3, 0.4) is 0 Å². The maximum Gasteiger partial charge on any atom is 0.222 e. The van der Waals surface area contributed by atoms with Gasteiger partial charge in [0.1, 0.15) is 5.75 Å². The Bertz CT molecular complexity index is 487. The molecule has 4 nitrogen and oxygen atoms in total. The maximum atomic E-state index is 5.16. The average molecular weight is 341 g/mol. The van der Waals surface area contributed by atoms with Crippen molar-refractivity contribution >= 4 is 28.5 Å². The largest absolute Gasteiger partial charge is 0.497 e. The number of ether oxygens (including phenoxy) is 1. The second kappa shape index (κ2) is 5.81. The highest BCUT2D eigenvalue weighted by Gasteiger charge is 1.98. The monoisotopic (exact) mass is 341 g/mol. The van der Waals surface area contributed by atoms with Gasteiger partial charge in [0.05, 0.1) is 7.11 Å². The van der Waals surface area contributed by atoms with Gasteiger partial charge in [-0.1, -0.05) is 12.1 Å². The molecule has 1 aromatic carbocycles. The van der Waals surface area contributed by atoms with E-state index in [1.54, 1.807) is 19.5 Å². The van der Waals surface area contributed by atoms with Gasteiger partial charge in [-0.05, 0) is 40.3 Å². The van der Waals surface area contributed by atoms with Crippen LogP contribution in [0.25, 0.3) is 0 Å². The molecule has 1 N–H and O–H groups in total. The third-order valence-corrected chi connectivity index (χ3v) is 2.76. The molecule has 0 aliphatic heterocycles. The molecule has 0 unspecified atom stereocenters. The molecule has 0 bridgehead atoms. The first kappa shape index (κ1) is 12.1. The Hall–Kier alpha value is -1.37. The summed E-state index contributed by atoms with van der Waals surface area (Å²) in [6.45, 7) is 0.678. The lowest BCUT2D eigenvalue weighted by molar-refractivity contribution is 0.414. The highest BCUT2D eigenvalue weighted by Crippen LogP contribution is 2.13. The molecule has 1 aromatic heterocycles. The minimum Gasteiger partial charge on any atom is -0.497 e. The van der Waals surface area contributed by atoms with Crippen molar-refractivity contribution in [3.8, 4) is 5.75 Å². The minimum atomic E-state index is 0.633.